The molecule has 0 aliphatic carbocycles. The fourth-order valence-corrected chi connectivity index (χ4v) is 3.48. The summed E-state index contributed by atoms with van der Waals surface area (Å²) in [6, 6.07) is 20.9. The molecule has 1 unspecified atom stereocenters. The monoisotopic (exact) mass is 504 g/mol. The first-order valence-electron chi connectivity index (χ1n) is 10.2. The van der Waals surface area contributed by atoms with Crippen molar-refractivity contribution in [1.82, 2.24) is 25.4 Å². The number of rotatable bonds is 7. The van der Waals surface area contributed by atoms with Crippen molar-refractivity contribution >= 4 is 33.4 Å². The summed E-state index contributed by atoms with van der Waals surface area (Å²) in [5.41, 5.74) is 7.92. The summed E-state index contributed by atoms with van der Waals surface area (Å²) in [4.78, 5) is 30.0. The van der Waals surface area contributed by atoms with Crippen molar-refractivity contribution < 1.29 is 9.59 Å². The van der Waals surface area contributed by atoms with Gasteiger partial charge in [0.2, 0.25) is 0 Å². The first kappa shape index (κ1) is 22.2. The minimum absolute atomic E-state index is 0.175. The number of aromatic nitrogens is 3. The Hall–Kier alpha value is -3.98. The second-order valence-corrected chi connectivity index (χ2v) is 8.07. The molecule has 4 N–H and O–H groups in total. The van der Waals surface area contributed by atoms with Crippen molar-refractivity contribution in [2.45, 2.75) is 6.04 Å². The molecule has 0 saturated carbocycles. The smallest absolute Gasteiger partial charge is 0.270 e. The summed E-state index contributed by atoms with van der Waals surface area (Å²) in [5.74, 6) is -0.114. The second-order valence-electron chi connectivity index (χ2n) is 7.21. The van der Waals surface area contributed by atoms with Crippen LogP contribution in [0, 0.1) is 0 Å². The molecule has 33 heavy (non-hydrogen) atoms. The number of halogens is 1. The molecule has 8 nitrogen and oxygen atoms in total. The van der Waals surface area contributed by atoms with Gasteiger partial charge in [0.25, 0.3) is 11.8 Å². The topological polar surface area (TPSA) is 115 Å². The lowest BCUT2D eigenvalue weighted by Gasteiger charge is -2.20. The van der Waals surface area contributed by atoms with E-state index < -0.39 is 6.04 Å². The van der Waals surface area contributed by atoms with Gasteiger partial charge in [-0.15, -0.1) is 0 Å². The summed E-state index contributed by atoms with van der Waals surface area (Å²) in [6.45, 7) is 0.175. The summed E-state index contributed by atoms with van der Waals surface area (Å²) < 4.78 is 2.30. The number of carbonyl (C=O) groups is 2. The number of benzene rings is 2. The van der Waals surface area contributed by atoms with Gasteiger partial charge >= 0.3 is 0 Å². The second kappa shape index (κ2) is 10.1. The maximum absolute atomic E-state index is 12.9. The first-order chi connectivity index (χ1) is 16.0. The highest BCUT2D eigenvalue weighted by Gasteiger charge is 2.18. The van der Waals surface area contributed by atoms with Gasteiger partial charge in [0, 0.05) is 34.7 Å². The Balaban J connectivity index is 1.49. The van der Waals surface area contributed by atoms with Crippen LogP contribution in [0.5, 0.6) is 0 Å². The zero-order valence-corrected chi connectivity index (χ0v) is 19.1. The molecule has 0 radical (unpaired) electrons. The Morgan fingerprint density at radius 3 is 2.55 bits per heavy atom. The van der Waals surface area contributed by atoms with Gasteiger partial charge in [0.05, 0.1) is 6.04 Å². The van der Waals surface area contributed by atoms with Crippen LogP contribution in [0.2, 0.25) is 0 Å². The molecule has 0 spiro atoms. The van der Waals surface area contributed by atoms with E-state index in [1.807, 2.05) is 30.3 Å². The van der Waals surface area contributed by atoms with Gasteiger partial charge in [-0.3, -0.25) is 9.59 Å². The number of nitrogens with two attached hydrogens (primary N) is 1. The van der Waals surface area contributed by atoms with E-state index in [4.69, 9.17) is 5.73 Å². The molecule has 2 aromatic heterocycles. The van der Waals surface area contributed by atoms with Gasteiger partial charge in [0.15, 0.2) is 5.82 Å². The number of nitrogens with zero attached hydrogens (tertiary/aromatic N) is 3. The number of nitrogens with one attached hydrogen (secondary N) is 2. The number of hydrogen-bond acceptors (Lipinski definition) is 5. The average molecular weight is 505 g/mol. The van der Waals surface area contributed by atoms with E-state index in [1.54, 1.807) is 59.5 Å². The Labute approximate surface area is 199 Å². The predicted octanol–water partition coefficient (Wildman–Crippen LogP) is 3.51. The number of hydrogen-bond donors (Lipinski definition) is 3. The fraction of sp³-hybridized carbons (Fsp3) is 0.0833. The van der Waals surface area contributed by atoms with Crippen LogP contribution in [0.4, 0.5) is 5.69 Å². The van der Waals surface area contributed by atoms with Crippen molar-refractivity contribution in [2.75, 3.05) is 12.3 Å². The van der Waals surface area contributed by atoms with E-state index in [9.17, 15) is 9.59 Å². The maximum Gasteiger partial charge on any atom is 0.270 e. The van der Waals surface area contributed by atoms with E-state index in [1.165, 1.54) is 0 Å². The van der Waals surface area contributed by atoms with Gasteiger partial charge in [-0.2, -0.15) is 5.10 Å². The number of amides is 2. The van der Waals surface area contributed by atoms with E-state index >= 15 is 0 Å². The molecule has 2 aromatic carbocycles. The molecule has 166 valence electrons. The first-order valence-corrected chi connectivity index (χ1v) is 11.0. The molecule has 4 aromatic rings. The largest absolute Gasteiger partial charge is 0.398 e. The molecule has 2 amide bonds. The zero-order chi connectivity index (χ0) is 23.2. The van der Waals surface area contributed by atoms with Crippen LogP contribution in [-0.2, 0) is 0 Å². The van der Waals surface area contributed by atoms with E-state index in [-0.39, 0.29) is 24.1 Å². The number of nitrogen functional groups attached to an aromatic ring is 1. The number of anilines is 1. The van der Waals surface area contributed by atoms with Crippen molar-refractivity contribution in [3.05, 3.63) is 106 Å². The summed E-state index contributed by atoms with van der Waals surface area (Å²) in [6.07, 6.45) is 3.39. The Morgan fingerprint density at radius 2 is 1.82 bits per heavy atom. The van der Waals surface area contributed by atoms with Gasteiger partial charge in [-0.25, -0.2) is 9.67 Å². The average Bonchev–Trinajstić information content (AvgIpc) is 3.39. The van der Waals surface area contributed by atoms with Gasteiger partial charge in [-0.05, 0) is 57.9 Å². The van der Waals surface area contributed by atoms with Crippen LogP contribution < -0.4 is 16.4 Å². The third-order valence-electron chi connectivity index (χ3n) is 4.94. The highest BCUT2D eigenvalue weighted by molar-refractivity contribution is 9.10. The summed E-state index contributed by atoms with van der Waals surface area (Å²) >= 11 is 3.33. The molecule has 0 aliphatic heterocycles. The normalized spacial score (nSPS) is 11.5. The van der Waals surface area contributed by atoms with Crippen LogP contribution in [0.25, 0.3) is 5.82 Å². The molecule has 9 heteroatoms. The Bertz CT molecular complexity index is 1260. The van der Waals surface area contributed by atoms with E-state index in [2.05, 4.69) is 36.6 Å². The van der Waals surface area contributed by atoms with E-state index in [0.717, 1.165) is 10.0 Å². The maximum atomic E-state index is 12.9. The van der Waals surface area contributed by atoms with Crippen molar-refractivity contribution in [3.8, 4) is 5.82 Å². The molecule has 0 saturated heterocycles. The third-order valence-corrected chi connectivity index (χ3v) is 5.66. The molecular weight excluding hydrogens is 484 g/mol. The minimum Gasteiger partial charge on any atom is -0.398 e. The predicted molar refractivity (Wildman–Crippen MR) is 129 cm³/mol. The Morgan fingerprint density at radius 1 is 1.00 bits per heavy atom. The lowest BCUT2D eigenvalue weighted by atomic mass is 10.1. The van der Waals surface area contributed by atoms with Crippen molar-refractivity contribution in [2.24, 2.45) is 0 Å². The summed E-state index contributed by atoms with van der Waals surface area (Å²) in [5, 5.41) is 9.98. The number of pyridine rings is 1. The molecule has 1 atom stereocenters. The molecule has 2 heterocycles. The standard InChI is InChI=1S/C24H21BrN6O2/c25-18-11-10-17(14-19(18)26)23(32)30-21(16-6-2-1-3-7-16)15-27-24(33)20-8-4-9-22(29-20)31-13-5-12-28-31/h1-14,21H,15,26H2,(H,27,33)(H,30,32). The molecule has 0 fully saturated rings. The highest BCUT2D eigenvalue weighted by atomic mass is 79.9. The van der Waals surface area contributed by atoms with Crippen LogP contribution in [0.1, 0.15) is 32.5 Å². The molecular formula is C24H21BrN6O2. The van der Waals surface area contributed by atoms with Gasteiger partial charge in [0.1, 0.15) is 5.69 Å². The van der Waals surface area contributed by atoms with Gasteiger partial charge in [-0.1, -0.05) is 36.4 Å². The molecule has 0 bridgehead atoms. The van der Waals surface area contributed by atoms with Crippen molar-refractivity contribution in [1.29, 1.82) is 0 Å². The van der Waals surface area contributed by atoms with Crippen LogP contribution in [0.3, 0.4) is 0 Å². The lowest BCUT2D eigenvalue weighted by molar-refractivity contribution is 0.0906. The molecule has 4 rings (SSSR count). The minimum atomic E-state index is -0.457. The lowest BCUT2D eigenvalue weighted by Crippen LogP contribution is -2.38. The van der Waals surface area contributed by atoms with Gasteiger partial charge < -0.3 is 16.4 Å². The van der Waals surface area contributed by atoms with Crippen LogP contribution in [-0.4, -0.2) is 33.1 Å². The SMILES string of the molecule is Nc1cc(C(=O)NC(CNC(=O)c2cccc(-n3cccn3)n2)c2ccccc2)ccc1Br. The quantitative estimate of drug-likeness (QED) is 0.333. The summed E-state index contributed by atoms with van der Waals surface area (Å²) in [7, 11) is 0. The molecule has 0 aliphatic rings. The highest BCUT2D eigenvalue weighted by Crippen LogP contribution is 2.21. The fourth-order valence-electron chi connectivity index (χ4n) is 3.23. The Kier molecular flexibility index (Phi) is 6.80. The van der Waals surface area contributed by atoms with Crippen LogP contribution in [0.15, 0.2) is 89.7 Å². The van der Waals surface area contributed by atoms with Crippen LogP contribution >= 0.6 is 15.9 Å². The third kappa shape index (κ3) is 5.45. The van der Waals surface area contributed by atoms with E-state index in [0.29, 0.717) is 17.1 Å². The zero-order valence-electron chi connectivity index (χ0n) is 17.5. The van der Waals surface area contributed by atoms with Crippen molar-refractivity contribution in [3.63, 3.8) is 0 Å². The number of carbonyl (C=O) groups excluding carboxylic acids is 2.